The number of hydrogen-bond donors (Lipinski definition) is 2. The number of halogens is 1. The highest BCUT2D eigenvalue weighted by Gasteiger charge is 2.31. The minimum atomic E-state index is -1.14. The van der Waals surface area contributed by atoms with E-state index in [2.05, 4.69) is 15.5 Å². The van der Waals surface area contributed by atoms with Crippen LogP contribution >= 0.6 is 0 Å². The predicted octanol–water partition coefficient (Wildman–Crippen LogP) is 1.56. The Morgan fingerprint density at radius 3 is 2.96 bits per heavy atom. The molecule has 4 heterocycles. The maximum Gasteiger partial charge on any atom is 0.404 e. The molecule has 27 heavy (non-hydrogen) atoms. The summed E-state index contributed by atoms with van der Waals surface area (Å²) >= 11 is 0. The number of anilines is 1. The van der Waals surface area contributed by atoms with Crippen molar-refractivity contribution in [2.24, 2.45) is 13.0 Å². The monoisotopic (exact) mass is 373 g/mol. The van der Waals surface area contributed by atoms with Crippen LogP contribution in [0.2, 0.25) is 0 Å². The number of alkyl halides is 1. The fraction of sp³-hybridized carbons (Fsp3) is 0.412. The normalized spacial score (nSPS) is 20.1. The maximum atomic E-state index is 14.6. The summed E-state index contributed by atoms with van der Waals surface area (Å²) in [5.41, 5.74) is 2.37. The van der Waals surface area contributed by atoms with E-state index in [9.17, 15) is 9.18 Å². The third-order valence-electron chi connectivity index (χ3n) is 4.86. The highest BCUT2D eigenvalue weighted by Crippen LogP contribution is 2.29. The molecule has 1 aliphatic rings. The van der Waals surface area contributed by atoms with Gasteiger partial charge in [0.05, 0.1) is 30.8 Å². The van der Waals surface area contributed by atoms with E-state index >= 15 is 0 Å². The number of nitrogens with one attached hydrogen (secondary N) is 1. The number of nitrogens with zero attached hydrogens (tertiary/aromatic N) is 6. The van der Waals surface area contributed by atoms with Gasteiger partial charge in [-0.25, -0.2) is 18.7 Å². The van der Waals surface area contributed by atoms with Gasteiger partial charge in [0.25, 0.3) is 0 Å². The molecular formula is C17H20FN7O2. The number of carboxylic acid groups (broad SMARTS) is 1. The van der Waals surface area contributed by atoms with Crippen molar-refractivity contribution in [3.63, 3.8) is 0 Å². The Hall–Kier alpha value is -3.17. The quantitative estimate of drug-likeness (QED) is 0.720. The number of rotatable bonds is 4. The third kappa shape index (κ3) is 3.42. The molecule has 0 spiro atoms. The smallest absolute Gasteiger partial charge is 0.404 e. The number of piperidine rings is 1. The summed E-state index contributed by atoms with van der Waals surface area (Å²) in [6, 6.07) is 1.85. The van der Waals surface area contributed by atoms with Gasteiger partial charge in [0, 0.05) is 37.8 Å². The van der Waals surface area contributed by atoms with Gasteiger partial charge in [-0.15, -0.1) is 0 Å². The van der Waals surface area contributed by atoms with E-state index in [0.29, 0.717) is 24.5 Å². The van der Waals surface area contributed by atoms with Gasteiger partial charge in [0.1, 0.15) is 11.7 Å². The van der Waals surface area contributed by atoms with E-state index in [0.717, 1.165) is 11.1 Å². The van der Waals surface area contributed by atoms with Crippen molar-refractivity contribution >= 4 is 17.4 Å². The Kier molecular flexibility index (Phi) is 4.38. The van der Waals surface area contributed by atoms with Crippen molar-refractivity contribution in [1.29, 1.82) is 0 Å². The van der Waals surface area contributed by atoms with E-state index in [4.69, 9.17) is 10.1 Å². The lowest BCUT2D eigenvalue weighted by Crippen LogP contribution is -2.46. The molecule has 0 unspecified atom stereocenters. The van der Waals surface area contributed by atoms with Crippen molar-refractivity contribution in [2.45, 2.75) is 12.6 Å². The second-order valence-corrected chi connectivity index (χ2v) is 6.71. The zero-order valence-corrected chi connectivity index (χ0v) is 14.8. The average molecular weight is 373 g/mol. The number of aromatic nitrogens is 5. The molecule has 0 aliphatic carbocycles. The lowest BCUT2D eigenvalue weighted by molar-refractivity contribution is 0.172. The minimum absolute atomic E-state index is 0.121. The van der Waals surface area contributed by atoms with E-state index < -0.39 is 12.3 Å². The molecule has 0 aromatic carbocycles. The average Bonchev–Trinajstić information content (AvgIpc) is 3.28. The van der Waals surface area contributed by atoms with Gasteiger partial charge in [0.2, 0.25) is 0 Å². The number of carbonyl (C=O) groups is 1. The fourth-order valence-electron chi connectivity index (χ4n) is 3.43. The molecular weight excluding hydrogens is 353 g/mol. The second-order valence-electron chi connectivity index (χ2n) is 6.71. The van der Waals surface area contributed by atoms with Crippen LogP contribution in [0.5, 0.6) is 0 Å². The summed E-state index contributed by atoms with van der Waals surface area (Å²) in [6.07, 6.45) is 5.37. The molecule has 2 atom stereocenters. The molecule has 0 radical (unpaired) electrons. The summed E-state index contributed by atoms with van der Waals surface area (Å²) in [5, 5.41) is 19.5. The highest BCUT2D eigenvalue weighted by molar-refractivity contribution is 5.72. The lowest BCUT2D eigenvalue weighted by Gasteiger charge is -2.35. The Bertz CT molecular complexity index is 969. The summed E-state index contributed by atoms with van der Waals surface area (Å²) < 4.78 is 18.1. The van der Waals surface area contributed by atoms with Crippen LogP contribution in [0.15, 0.2) is 30.9 Å². The van der Waals surface area contributed by atoms with Crippen LogP contribution in [0.1, 0.15) is 6.42 Å². The number of amides is 1. The first-order valence-electron chi connectivity index (χ1n) is 8.70. The van der Waals surface area contributed by atoms with Crippen molar-refractivity contribution in [3.8, 4) is 11.3 Å². The van der Waals surface area contributed by atoms with Gasteiger partial charge in [-0.2, -0.15) is 10.2 Å². The first-order chi connectivity index (χ1) is 13.0. The van der Waals surface area contributed by atoms with Gasteiger partial charge in [-0.05, 0) is 12.5 Å². The molecule has 1 amide bonds. The molecule has 3 aromatic rings. The number of hydrogen-bond acceptors (Lipinski definition) is 5. The van der Waals surface area contributed by atoms with Crippen molar-refractivity contribution in [3.05, 3.63) is 30.9 Å². The first kappa shape index (κ1) is 17.3. The SMILES string of the molecule is Cn1cc(-c2cn3nccc3c(N3CC[C@H](CNC(=O)O)[C@H](F)C3)n2)cn1. The second kappa shape index (κ2) is 6.86. The third-order valence-corrected chi connectivity index (χ3v) is 4.86. The molecule has 1 saturated heterocycles. The summed E-state index contributed by atoms with van der Waals surface area (Å²) in [4.78, 5) is 17.3. The van der Waals surface area contributed by atoms with Gasteiger partial charge < -0.3 is 15.3 Å². The lowest BCUT2D eigenvalue weighted by atomic mass is 9.95. The zero-order chi connectivity index (χ0) is 19.0. The van der Waals surface area contributed by atoms with Gasteiger partial charge in [0.15, 0.2) is 5.82 Å². The Morgan fingerprint density at radius 1 is 1.41 bits per heavy atom. The molecule has 0 saturated carbocycles. The molecule has 9 nitrogen and oxygen atoms in total. The first-order valence-corrected chi connectivity index (χ1v) is 8.70. The molecule has 142 valence electrons. The zero-order valence-electron chi connectivity index (χ0n) is 14.8. The van der Waals surface area contributed by atoms with Crippen LogP contribution < -0.4 is 10.2 Å². The highest BCUT2D eigenvalue weighted by atomic mass is 19.1. The standard InChI is InChI=1S/C17H20FN7O2/c1-23-8-12(7-21-23)14-10-25-15(2-4-20-25)16(22-14)24-5-3-11(13(18)9-24)6-19-17(26)27/h2,4,7-8,10-11,13,19H,3,5-6,9H2,1H3,(H,26,27)/t11-,13-/m1/s1. The van der Waals surface area contributed by atoms with Gasteiger partial charge >= 0.3 is 6.09 Å². The number of fused-ring (bicyclic) bond motifs is 1. The van der Waals surface area contributed by atoms with Gasteiger partial charge in [-0.3, -0.25) is 4.68 Å². The minimum Gasteiger partial charge on any atom is -0.465 e. The summed E-state index contributed by atoms with van der Waals surface area (Å²) in [7, 11) is 1.83. The van der Waals surface area contributed by atoms with E-state index in [1.54, 1.807) is 21.6 Å². The van der Waals surface area contributed by atoms with Gasteiger partial charge in [-0.1, -0.05) is 0 Å². The van der Waals surface area contributed by atoms with Crippen LogP contribution in [-0.4, -0.2) is 61.4 Å². The molecule has 3 aromatic heterocycles. The molecule has 1 fully saturated rings. The molecule has 10 heteroatoms. The number of aryl methyl sites for hydroxylation is 1. The van der Waals surface area contributed by atoms with Crippen molar-refractivity contribution < 1.29 is 14.3 Å². The van der Waals surface area contributed by atoms with E-state index in [-0.39, 0.29) is 19.0 Å². The Morgan fingerprint density at radius 2 is 2.26 bits per heavy atom. The molecule has 1 aliphatic heterocycles. The van der Waals surface area contributed by atoms with Crippen LogP contribution in [0.25, 0.3) is 16.8 Å². The largest absolute Gasteiger partial charge is 0.465 e. The molecule has 2 N–H and O–H groups in total. The predicted molar refractivity (Wildman–Crippen MR) is 96.4 cm³/mol. The van der Waals surface area contributed by atoms with E-state index in [1.165, 1.54) is 0 Å². The van der Waals surface area contributed by atoms with Crippen LogP contribution in [0, 0.1) is 5.92 Å². The Balaban J connectivity index is 1.62. The van der Waals surface area contributed by atoms with Crippen LogP contribution in [0.4, 0.5) is 15.0 Å². The fourth-order valence-corrected chi connectivity index (χ4v) is 3.43. The summed E-state index contributed by atoms with van der Waals surface area (Å²) in [6.45, 7) is 0.878. The topological polar surface area (TPSA) is 101 Å². The van der Waals surface area contributed by atoms with Crippen molar-refractivity contribution in [2.75, 3.05) is 24.5 Å². The van der Waals surface area contributed by atoms with Crippen molar-refractivity contribution in [1.82, 2.24) is 29.7 Å². The van der Waals surface area contributed by atoms with Crippen LogP contribution in [-0.2, 0) is 7.05 Å². The molecule has 4 rings (SSSR count). The maximum absolute atomic E-state index is 14.6. The Labute approximate surface area is 154 Å². The van der Waals surface area contributed by atoms with E-state index in [1.807, 2.05) is 30.4 Å². The van der Waals surface area contributed by atoms with Crippen LogP contribution in [0.3, 0.4) is 0 Å². The summed E-state index contributed by atoms with van der Waals surface area (Å²) in [5.74, 6) is 0.334. The molecule has 0 bridgehead atoms.